The van der Waals surface area contributed by atoms with Crippen molar-refractivity contribution in [3.63, 3.8) is 0 Å². The molecule has 0 radical (unpaired) electrons. The smallest absolute Gasteiger partial charge is 0.258 e. The van der Waals surface area contributed by atoms with Crippen LogP contribution >= 0.6 is 11.8 Å². The third-order valence-corrected chi connectivity index (χ3v) is 8.87. The Morgan fingerprint density at radius 2 is 1.80 bits per heavy atom. The van der Waals surface area contributed by atoms with Gasteiger partial charge in [-0.3, -0.25) is 19.2 Å². The Morgan fingerprint density at radius 1 is 1.11 bits per heavy atom. The summed E-state index contributed by atoms with van der Waals surface area (Å²) in [5.41, 5.74) is -1.26. The minimum Gasteiger partial charge on any atom is -0.507 e. The number of fused-ring (bicyclic) bond motifs is 4. The second kappa shape index (κ2) is 11.4. The van der Waals surface area contributed by atoms with E-state index < -0.39 is 28.5 Å². The second-order valence-electron chi connectivity index (χ2n) is 10.6. The summed E-state index contributed by atoms with van der Waals surface area (Å²) < 4.78 is 16.4. The van der Waals surface area contributed by atoms with Gasteiger partial charge in [0.15, 0.2) is 28.8 Å². The molecule has 13 heteroatoms. The first-order chi connectivity index (χ1) is 20.8. The molecule has 1 aromatic heterocycles. The molecule has 0 saturated heterocycles. The van der Waals surface area contributed by atoms with Crippen molar-refractivity contribution >= 4 is 40.0 Å². The third-order valence-electron chi connectivity index (χ3n) is 7.89. The number of rotatable bonds is 9. The molecule has 4 N–H and O–H groups in total. The lowest BCUT2D eigenvalue weighted by Crippen LogP contribution is -2.41. The van der Waals surface area contributed by atoms with E-state index in [1.807, 2.05) is 0 Å². The predicted octanol–water partition coefficient (Wildman–Crippen LogP) is 3.35. The number of ketones is 3. The van der Waals surface area contributed by atoms with Gasteiger partial charge in [-0.2, -0.15) is 11.8 Å². The van der Waals surface area contributed by atoms with Gasteiger partial charge in [-0.05, 0) is 33.8 Å². The number of thioether (sulfide) groups is 1. The van der Waals surface area contributed by atoms with Gasteiger partial charge in [0.2, 0.25) is 0 Å². The molecule has 1 aliphatic carbocycles. The Morgan fingerprint density at radius 3 is 2.45 bits per heavy atom. The molecule has 0 saturated carbocycles. The van der Waals surface area contributed by atoms with Crippen LogP contribution in [0, 0.1) is 6.92 Å². The van der Waals surface area contributed by atoms with Crippen LogP contribution in [0.5, 0.6) is 28.7 Å². The average Bonchev–Trinajstić information content (AvgIpc) is 3.27. The Balaban J connectivity index is 1.32. The van der Waals surface area contributed by atoms with Gasteiger partial charge in [-0.1, -0.05) is 0 Å². The van der Waals surface area contributed by atoms with Crippen LogP contribution in [0.15, 0.2) is 40.0 Å². The Labute approximate surface area is 256 Å². The number of aromatic hydroxyl groups is 2. The van der Waals surface area contributed by atoms with Crippen molar-refractivity contribution in [2.75, 3.05) is 26.5 Å². The quantitative estimate of drug-likeness (QED) is 0.119. The van der Waals surface area contributed by atoms with Gasteiger partial charge in [0.1, 0.15) is 39.8 Å². The molecule has 1 aliphatic heterocycles. The molecule has 2 aromatic carbocycles. The number of benzene rings is 2. The first-order valence-corrected chi connectivity index (χ1v) is 14.8. The minimum atomic E-state index is -1.58. The van der Waals surface area contributed by atoms with Crippen LogP contribution in [-0.4, -0.2) is 64.0 Å². The highest BCUT2D eigenvalue weighted by molar-refractivity contribution is 7.98. The van der Waals surface area contributed by atoms with Gasteiger partial charge in [-0.15, -0.1) is 0 Å². The van der Waals surface area contributed by atoms with Gasteiger partial charge in [0.25, 0.3) is 5.56 Å². The second-order valence-corrected chi connectivity index (χ2v) is 11.7. The summed E-state index contributed by atoms with van der Waals surface area (Å²) in [5, 5.41) is 25.0. The molecule has 12 nitrogen and oxygen atoms in total. The van der Waals surface area contributed by atoms with E-state index in [-0.39, 0.29) is 45.1 Å². The number of phenolic OH excluding ortho intramolecular Hbond substituents is 2. The Hall–Kier alpha value is -4.78. The largest absolute Gasteiger partial charge is 0.507 e. The van der Waals surface area contributed by atoms with Gasteiger partial charge in [0.05, 0.1) is 42.0 Å². The molecule has 44 heavy (non-hydrogen) atoms. The fraction of sp³-hybridized carbons (Fsp3) is 0.323. The van der Waals surface area contributed by atoms with Gasteiger partial charge in [0, 0.05) is 35.7 Å². The maximum absolute atomic E-state index is 13.9. The number of H-pyrrole nitrogens is 1. The summed E-state index contributed by atoms with van der Waals surface area (Å²) in [6.45, 7) is 6.18. The van der Waals surface area contributed by atoms with E-state index in [4.69, 9.17) is 14.2 Å². The van der Waals surface area contributed by atoms with E-state index in [2.05, 4.69) is 15.3 Å². The fourth-order valence-electron chi connectivity index (χ4n) is 5.51. The standard InChI is InChI=1S/C31H31N3O9S/c1-13-26(37)24(15(3)35)28-25(27(13)38)31(4)21(43-28)11-18(36)23(29(31)39)14(2)32-7-8-44-12-22-33-17-10-20(42-6)19(41-5)9-16(17)30(40)34-22/h9-11,32,37-38H,7-8,12H2,1-6H3,(H,33,34,40). The number of aromatic nitrogens is 2. The molecule has 2 aliphatic rings. The molecule has 0 spiro atoms. The zero-order valence-electron chi connectivity index (χ0n) is 25.0. The number of carbonyl (C=O) groups excluding carboxylic acids is 3. The minimum absolute atomic E-state index is 0.0228. The van der Waals surface area contributed by atoms with Crippen molar-refractivity contribution < 1.29 is 38.8 Å². The molecule has 0 bridgehead atoms. The number of nitrogens with one attached hydrogen (secondary N) is 2. The topological polar surface area (TPSA) is 177 Å². The SMILES string of the molecule is COc1cc2nc(CSCCNC(C)=C3C(=O)C=C4Oc5c(C(C)=O)c(O)c(C)c(O)c5C4(C)C3=O)[nH]c(=O)c2cc1OC. The van der Waals surface area contributed by atoms with Gasteiger partial charge < -0.3 is 34.7 Å². The van der Waals surface area contributed by atoms with E-state index >= 15 is 0 Å². The molecule has 0 fully saturated rings. The highest BCUT2D eigenvalue weighted by atomic mass is 32.2. The van der Waals surface area contributed by atoms with Crippen molar-refractivity contribution in [3.05, 3.63) is 68.1 Å². The van der Waals surface area contributed by atoms with E-state index in [0.717, 1.165) is 0 Å². The van der Waals surface area contributed by atoms with E-state index in [9.17, 15) is 29.4 Å². The van der Waals surface area contributed by atoms with Gasteiger partial charge >= 0.3 is 0 Å². The molecule has 5 rings (SSSR count). The molecular weight excluding hydrogens is 590 g/mol. The number of hydrogen-bond acceptors (Lipinski definition) is 12. The number of aromatic amines is 1. The zero-order chi connectivity index (χ0) is 32.1. The summed E-state index contributed by atoms with van der Waals surface area (Å²) in [6, 6.07) is 3.22. The summed E-state index contributed by atoms with van der Waals surface area (Å²) in [4.78, 5) is 59.3. The number of allylic oxidation sites excluding steroid dienone is 4. The van der Waals surface area contributed by atoms with Crippen LogP contribution in [0.25, 0.3) is 10.9 Å². The van der Waals surface area contributed by atoms with E-state index in [0.29, 0.717) is 52.0 Å². The van der Waals surface area contributed by atoms with Crippen LogP contribution in [0.4, 0.5) is 0 Å². The summed E-state index contributed by atoms with van der Waals surface area (Å²) in [7, 11) is 2.99. The van der Waals surface area contributed by atoms with Crippen molar-refractivity contribution in [1.29, 1.82) is 0 Å². The number of ether oxygens (including phenoxy) is 3. The van der Waals surface area contributed by atoms with Crippen molar-refractivity contribution in [2.24, 2.45) is 0 Å². The fourth-order valence-corrected chi connectivity index (χ4v) is 6.23. The molecule has 3 aromatic rings. The van der Waals surface area contributed by atoms with Crippen molar-refractivity contribution in [1.82, 2.24) is 15.3 Å². The summed E-state index contributed by atoms with van der Waals surface area (Å²) >= 11 is 1.48. The lowest BCUT2D eigenvalue weighted by molar-refractivity contribution is -0.123. The molecule has 1 unspecified atom stereocenters. The number of Topliss-reactive ketones (excluding diaryl/α,β-unsaturated/α-hetero) is 2. The number of hydrogen-bond donors (Lipinski definition) is 4. The number of methoxy groups -OCH3 is 2. The first kappa shape index (κ1) is 30.7. The normalized spacial score (nSPS) is 18.4. The van der Waals surface area contributed by atoms with Crippen LogP contribution in [0.1, 0.15) is 48.1 Å². The maximum atomic E-state index is 13.9. The van der Waals surface area contributed by atoms with Crippen LogP contribution in [-0.2, 0) is 20.8 Å². The van der Waals surface area contributed by atoms with Crippen molar-refractivity contribution in [2.45, 2.75) is 38.9 Å². The maximum Gasteiger partial charge on any atom is 0.258 e. The molecule has 230 valence electrons. The molecule has 1 atom stereocenters. The summed E-state index contributed by atoms with van der Waals surface area (Å²) in [5.74, 6) is -0.358. The lowest BCUT2D eigenvalue weighted by atomic mass is 9.70. The van der Waals surface area contributed by atoms with E-state index in [1.165, 1.54) is 52.8 Å². The Bertz CT molecular complexity index is 1890. The van der Waals surface area contributed by atoms with Crippen molar-refractivity contribution in [3.8, 4) is 28.7 Å². The number of carbonyl (C=O) groups is 3. The van der Waals surface area contributed by atoms with Crippen LogP contribution < -0.4 is 25.1 Å². The molecular formula is C31H31N3O9S. The van der Waals surface area contributed by atoms with Gasteiger partial charge in [-0.25, -0.2) is 4.98 Å². The van der Waals surface area contributed by atoms with Crippen LogP contribution in [0.2, 0.25) is 0 Å². The van der Waals surface area contributed by atoms with Crippen LogP contribution in [0.3, 0.4) is 0 Å². The monoisotopic (exact) mass is 621 g/mol. The predicted molar refractivity (Wildman–Crippen MR) is 163 cm³/mol. The Kier molecular flexibility index (Phi) is 7.93. The third kappa shape index (κ3) is 4.77. The number of phenols is 2. The highest BCUT2D eigenvalue weighted by Crippen LogP contribution is 2.57. The summed E-state index contributed by atoms with van der Waals surface area (Å²) in [6.07, 6.45) is 1.18. The number of nitrogens with zero attached hydrogens (tertiary/aromatic N) is 1. The molecule has 2 heterocycles. The zero-order valence-corrected chi connectivity index (χ0v) is 25.8. The van der Waals surface area contributed by atoms with E-state index in [1.54, 1.807) is 19.1 Å². The highest BCUT2D eigenvalue weighted by Gasteiger charge is 2.56. The first-order valence-electron chi connectivity index (χ1n) is 13.6. The lowest BCUT2D eigenvalue weighted by Gasteiger charge is -2.29. The average molecular weight is 622 g/mol. The molecule has 0 amide bonds.